The minimum absolute atomic E-state index is 0.616. The van der Waals surface area contributed by atoms with E-state index in [2.05, 4.69) is 65.1 Å². The normalized spacial score (nSPS) is 14.8. The van der Waals surface area contributed by atoms with Crippen LogP contribution in [-0.4, -0.2) is 13.1 Å². The minimum Gasteiger partial charge on any atom is -0.316 e. The largest absolute Gasteiger partial charge is 0.316 e. The van der Waals surface area contributed by atoms with Gasteiger partial charge >= 0.3 is 0 Å². The van der Waals surface area contributed by atoms with Crippen LogP contribution >= 0.6 is 0 Å². The Balaban J connectivity index is 2.59. The van der Waals surface area contributed by atoms with Crippen LogP contribution in [-0.2, 0) is 0 Å². The topological polar surface area (TPSA) is 12.0 Å². The number of hydrogen-bond donors (Lipinski definition) is 1. The van der Waals surface area contributed by atoms with Crippen LogP contribution in [0.15, 0.2) is 18.2 Å². The molecule has 0 aliphatic heterocycles. The monoisotopic (exact) mass is 247 g/mol. The van der Waals surface area contributed by atoms with Crippen molar-refractivity contribution in [2.75, 3.05) is 13.1 Å². The average molecular weight is 247 g/mol. The third-order valence-electron chi connectivity index (χ3n) is 3.79. The van der Waals surface area contributed by atoms with Crippen molar-refractivity contribution in [1.82, 2.24) is 5.32 Å². The smallest absolute Gasteiger partial charge is 0.00173 e. The van der Waals surface area contributed by atoms with E-state index in [-0.39, 0.29) is 0 Å². The molecule has 0 amide bonds. The third-order valence-corrected chi connectivity index (χ3v) is 3.79. The second-order valence-electron chi connectivity index (χ2n) is 6.18. The molecule has 1 N–H and O–H groups in total. The molecule has 0 aliphatic carbocycles. The number of benzene rings is 1. The van der Waals surface area contributed by atoms with Crippen molar-refractivity contribution in [3.63, 3.8) is 0 Å². The number of aryl methyl sites for hydroxylation is 2. The first-order valence-electron chi connectivity index (χ1n) is 7.19. The lowest BCUT2D eigenvalue weighted by molar-refractivity contribution is 0.427. The van der Waals surface area contributed by atoms with Gasteiger partial charge in [-0.3, -0.25) is 0 Å². The van der Waals surface area contributed by atoms with E-state index in [1.165, 1.54) is 16.7 Å². The van der Waals surface area contributed by atoms with Gasteiger partial charge in [-0.25, -0.2) is 0 Å². The van der Waals surface area contributed by atoms with Gasteiger partial charge < -0.3 is 5.32 Å². The van der Waals surface area contributed by atoms with Crippen molar-refractivity contribution in [3.05, 3.63) is 34.9 Å². The lowest BCUT2D eigenvalue weighted by atomic mass is 9.86. The highest BCUT2D eigenvalue weighted by atomic mass is 14.9. The Labute approximate surface area is 113 Å². The van der Waals surface area contributed by atoms with E-state index < -0.39 is 0 Å². The highest BCUT2D eigenvalue weighted by Crippen LogP contribution is 2.27. The summed E-state index contributed by atoms with van der Waals surface area (Å²) in [6.07, 6.45) is 0. The van der Waals surface area contributed by atoms with E-state index in [9.17, 15) is 0 Å². The molecular formula is C17H29N. The highest BCUT2D eigenvalue weighted by molar-refractivity contribution is 5.33. The van der Waals surface area contributed by atoms with E-state index in [0.29, 0.717) is 11.8 Å². The summed E-state index contributed by atoms with van der Waals surface area (Å²) >= 11 is 0. The maximum absolute atomic E-state index is 3.57. The Morgan fingerprint density at radius 1 is 1.00 bits per heavy atom. The van der Waals surface area contributed by atoms with Crippen molar-refractivity contribution in [2.45, 2.75) is 47.5 Å². The first-order chi connectivity index (χ1) is 8.41. The van der Waals surface area contributed by atoms with Crippen molar-refractivity contribution in [1.29, 1.82) is 0 Å². The molecule has 1 rings (SSSR count). The maximum atomic E-state index is 3.57. The molecule has 1 aromatic carbocycles. The first-order valence-corrected chi connectivity index (χ1v) is 7.19. The fourth-order valence-corrected chi connectivity index (χ4v) is 2.42. The quantitative estimate of drug-likeness (QED) is 0.791. The SMILES string of the molecule is Cc1ccc(C(C)C(C)CNCC(C)C)c(C)c1. The second kappa shape index (κ2) is 6.94. The fraction of sp³-hybridized carbons (Fsp3) is 0.647. The van der Waals surface area contributed by atoms with Crippen LogP contribution in [0.2, 0.25) is 0 Å². The average Bonchev–Trinajstić information content (AvgIpc) is 2.27. The van der Waals surface area contributed by atoms with E-state index in [0.717, 1.165) is 19.0 Å². The summed E-state index contributed by atoms with van der Waals surface area (Å²) < 4.78 is 0. The summed E-state index contributed by atoms with van der Waals surface area (Å²) in [5.41, 5.74) is 4.28. The fourth-order valence-electron chi connectivity index (χ4n) is 2.42. The van der Waals surface area contributed by atoms with Crippen LogP contribution in [0, 0.1) is 25.7 Å². The van der Waals surface area contributed by atoms with Crippen molar-refractivity contribution in [3.8, 4) is 0 Å². The van der Waals surface area contributed by atoms with Crippen molar-refractivity contribution in [2.24, 2.45) is 11.8 Å². The van der Waals surface area contributed by atoms with Gasteiger partial charge in [0.15, 0.2) is 0 Å². The van der Waals surface area contributed by atoms with E-state index in [1.54, 1.807) is 0 Å². The molecule has 0 aromatic heterocycles. The Bertz CT molecular complexity index is 368. The van der Waals surface area contributed by atoms with Gasteiger partial charge in [-0.2, -0.15) is 0 Å². The van der Waals surface area contributed by atoms with Gasteiger partial charge in [0.05, 0.1) is 0 Å². The standard InChI is InChI=1S/C17H29N/c1-12(2)10-18-11-15(5)16(6)17-8-7-13(3)9-14(17)4/h7-9,12,15-16,18H,10-11H2,1-6H3. The Morgan fingerprint density at radius 3 is 2.22 bits per heavy atom. The molecule has 0 spiro atoms. The molecule has 18 heavy (non-hydrogen) atoms. The van der Waals surface area contributed by atoms with Crippen LogP contribution < -0.4 is 5.32 Å². The summed E-state index contributed by atoms with van der Waals surface area (Å²) in [7, 11) is 0. The highest BCUT2D eigenvalue weighted by Gasteiger charge is 2.15. The molecule has 2 atom stereocenters. The number of hydrogen-bond acceptors (Lipinski definition) is 1. The molecular weight excluding hydrogens is 218 g/mol. The molecule has 1 nitrogen and oxygen atoms in total. The van der Waals surface area contributed by atoms with Gasteiger partial charge in [-0.15, -0.1) is 0 Å². The molecule has 0 saturated carbocycles. The summed E-state index contributed by atoms with van der Waals surface area (Å²) in [5, 5.41) is 3.57. The van der Waals surface area contributed by atoms with Crippen LogP contribution in [0.3, 0.4) is 0 Å². The molecule has 0 aliphatic rings. The summed E-state index contributed by atoms with van der Waals surface area (Å²) in [6, 6.07) is 6.82. The molecule has 102 valence electrons. The molecule has 0 bridgehead atoms. The predicted octanol–water partition coefficient (Wildman–Crippen LogP) is 4.29. The summed E-state index contributed by atoms with van der Waals surface area (Å²) in [5.74, 6) is 2.02. The lowest BCUT2D eigenvalue weighted by Crippen LogP contribution is -2.27. The summed E-state index contributed by atoms with van der Waals surface area (Å²) in [6.45, 7) is 15.8. The van der Waals surface area contributed by atoms with E-state index in [1.807, 2.05) is 0 Å². The maximum Gasteiger partial charge on any atom is -0.00173 e. The molecule has 0 heterocycles. The lowest BCUT2D eigenvalue weighted by Gasteiger charge is -2.23. The zero-order valence-electron chi connectivity index (χ0n) is 12.9. The Kier molecular flexibility index (Phi) is 5.87. The summed E-state index contributed by atoms with van der Waals surface area (Å²) in [4.78, 5) is 0. The minimum atomic E-state index is 0.616. The zero-order valence-corrected chi connectivity index (χ0v) is 12.9. The third kappa shape index (κ3) is 4.45. The number of rotatable bonds is 6. The molecule has 2 unspecified atom stereocenters. The van der Waals surface area contributed by atoms with Gasteiger partial charge in [0.2, 0.25) is 0 Å². The van der Waals surface area contributed by atoms with Gasteiger partial charge in [0.25, 0.3) is 0 Å². The van der Waals surface area contributed by atoms with E-state index >= 15 is 0 Å². The molecule has 0 saturated heterocycles. The van der Waals surface area contributed by atoms with Crippen molar-refractivity contribution < 1.29 is 0 Å². The molecule has 0 fully saturated rings. The first kappa shape index (κ1) is 15.2. The van der Waals surface area contributed by atoms with Gasteiger partial charge in [0.1, 0.15) is 0 Å². The molecule has 0 radical (unpaired) electrons. The van der Waals surface area contributed by atoms with Crippen LogP contribution in [0.4, 0.5) is 0 Å². The van der Waals surface area contributed by atoms with Crippen LogP contribution in [0.1, 0.15) is 50.3 Å². The van der Waals surface area contributed by atoms with Gasteiger partial charge in [0, 0.05) is 0 Å². The molecule has 1 aromatic rings. The second-order valence-corrected chi connectivity index (χ2v) is 6.18. The van der Waals surface area contributed by atoms with Gasteiger partial charge in [-0.1, -0.05) is 51.5 Å². The van der Waals surface area contributed by atoms with Crippen LogP contribution in [0.5, 0.6) is 0 Å². The zero-order chi connectivity index (χ0) is 13.7. The van der Waals surface area contributed by atoms with Crippen molar-refractivity contribution >= 4 is 0 Å². The Morgan fingerprint density at radius 2 is 1.67 bits per heavy atom. The Hall–Kier alpha value is -0.820. The number of nitrogens with one attached hydrogen (secondary N) is 1. The molecule has 1 heteroatoms. The van der Waals surface area contributed by atoms with Crippen LogP contribution in [0.25, 0.3) is 0 Å². The van der Waals surface area contributed by atoms with E-state index in [4.69, 9.17) is 0 Å². The van der Waals surface area contributed by atoms with Gasteiger partial charge in [-0.05, 0) is 55.8 Å². The predicted molar refractivity (Wildman–Crippen MR) is 81.2 cm³/mol.